The highest BCUT2D eigenvalue weighted by atomic mass is 35.5. The molecular weight excluding hydrogens is 455 g/mol. The van der Waals surface area contributed by atoms with Crippen molar-refractivity contribution in [2.75, 3.05) is 18.4 Å². The van der Waals surface area contributed by atoms with E-state index in [-0.39, 0.29) is 16.7 Å². The second-order valence-electron chi connectivity index (χ2n) is 8.33. The van der Waals surface area contributed by atoms with E-state index in [4.69, 9.17) is 17.0 Å². The smallest absolute Gasteiger partial charge is 0.159 e. The lowest BCUT2D eigenvalue weighted by molar-refractivity contribution is 0.627. The molecule has 10 heteroatoms. The summed E-state index contributed by atoms with van der Waals surface area (Å²) in [6.45, 7) is 3.46. The predicted molar refractivity (Wildman–Crippen MR) is 131 cm³/mol. The Hall–Kier alpha value is -3.72. The van der Waals surface area contributed by atoms with Crippen LogP contribution in [-0.4, -0.2) is 38.7 Å². The largest absolute Gasteiger partial charge is 0.386 e. The molecule has 0 radical (unpaired) electrons. The molecule has 34 heavy (non-hydrogen) atoms. The summed E-state index contributed by atoms with van der Waals surface area (Å²) in [5.41, 5.74) is 2.19. The summed E-state index contributed by atoms with van der Waals surface area (Å²) in [6.07, 6.45) is 7.75. The van der Waals surface area contributed by atoms with E-state index in [1.54, 1.807) is 22.9 Å². The fraction of sp³-hybridized carbons (Fsp3) is 0.250. The van der Waals surface area contributed by atoms with Crippen LogP contribution >= 0.6 is 11.6 Å². The van der Waals surface area contributed by atoms with Crippen molar-refractivity contribution in [3.8, 4) is 5.82 Å². The average molecular weight is 479 g/mol. The number of fused-ring (bicyclic) bond motifs is 1. The first-order chi connectivity index (χ1) is 16.5. The lowest BCUT2D eigenvalue weighted by Gasteiger charge is -2.15. The summed E-state index contributed by atoms with van der Waals surface area (Å²) < 4.78 is 15.2. The zero-order chi connectivity index (χ0) is 23.7. The van der Waals surface area contributed by atoms with Gasteiger partial charge >= 0.3 is 0 Å². The third-order valence-electron chi connectivity index (χ3n) is 5.77. The normalized spacial score (nSPS) is 15.3. The summed E-state index contributed by atoms with van der Waals surface area (Å²) in [5, 5.41) is 24.8. The first-order valence-corrected chi connectivity index (χ1v) is 11.4. The Morgan fingerprint density at radius 3 is 2.82 bits per heavy atom. The molecule has 3 aromatic rings. The average Bonchev–Trinajstić information content (AvgIpc) is 3.62. The van der Waals surface area contributed by atoms with Crippen LogP contribution in [0.5, 0.6) is 0 Å². The number of hydrogen-bond donors (Lipinski definition) is 4. The summed E-state index contributed by atoms with van der Waals surface area (Å²) in [6, 6.07) is 7.76. The third kappa shape index (κ3) is 4.65. The van der Waals surface area contributed by atoms with Gasteiger partial charge in [0.05, 0.1) is 16.7 Å². The zero-order valence-corrected chi connectivity index (χ0v) is 19.3. The Labute approximate surface area is 200 Å². The number of nitrogens with one attached hydrogen (secondary N) is 4. The van der Waals surface area contributed by atoms with Crippen LogP contribution in [0.1, 0.15) is 24.1 Å². The lowest BCUT2D eigenvalue weighted by atomic mass is 10.1. The minimum atomic E-state index is -0.329. The van der Waals surface area contributed by atoms with Crippen molar-refractivity contribution >= 4 is 41.2 Å². The van der Waals surface area contributed by atoms with Crippen LogP contribution in [0.2, 0.25) is 0 Å². The topological polar surface area (TPSA) is 104 Å². The van der Waals surface area contributed by atoms with Crippen LogP contribution in [-0.2, 0) is 0 Å². The third-order valence-corrected chi connectivity index (χ3v) is 6.14. The maximum absolute atomic E-state index is 13.5. The number of halogens is 2. The van der Waals surface area contributed by atoms with Crippen molar-refractivity contribution < 1.29 is 4.39 Å². The summed E-state index contributed by atoms with van der Waals surface area (Å²) in [7, 11) is 0. The highest BCUT2D eigenvalue weighted by molar-refractivity contribution is 6.47. The Balaban J connectivity index is 1.43. The van der Waals surface area contributed by atoms with Gasteiger partial charge in [0, 0.05) is 30.6 Å². The first-order valence-electron chi connectivity index (χ1n) is 11.1. The van der Waals surface area contributed by atoms with Crippen molar-refractivity contribution in [2.45, 2.75) is 19.8 Å². The van der Waals surface area contributed by atoms with Crippen molar-refractivity contribution in [3.63, 3.8) is 0 Å². The first kappa shape index (κ1) is 22.1. The molecule has 0 saturated heterocycles. The van der Waals surface area contributed by atoms with Gasteiger partial charge in [0.25, 0.3) is 0 Å². The molecule has 0 bridgehead atoms. The van der Waals surface area contributed by atoms with Crippen LogP contribution in [0, 0.1) is 24.1 Å². The molecule has 0 amide bonds. The van der Waals surface area contributed by atoms with Crippen LogP contribution in [0.4, 0.5) is 10.2 Å². The molecule has 8 nitrogen and oxygen atoms in total. The molecule has 1 saturated carbocycles. The molecule has 2 aromatic heterocycles. The Morgan fingerprint density at radius 1 is 1.26 bits per heavy atom. The van der Waals surface area contributed by atoms with E-state index in [1.807, 2.05) is 13.1 Å². The van der Waals surface area contributed by atoms with Crippen LogP contribution in [0.15, 0.2) is 41.7 Å². The van der Waals surface area contributed by atoms with E-state index in [0.29, 0.717) is 28.8 Å². The minimum Gasteiger partial charge on any atom is -0.386 e. The molecule has 1 aromatic carbocycles. The quantitative estimate of drug-likeness (QED) is 0.307. The number of aromatic nitrogens is 4. The Kier molecular flexibility index (Phi) is 6.02. The molecule has 0 atom stereocenters. The molecule has 1 aliphatic heterocycles. The second-order valence-corrected chi connectivity index (χ2v) is 8.71. The zero-order valence-electron chi connectivity index (χ0n) is 18.6. The highest BCUT2D eigenvalue weighted by Crippen LogP contribution is 2.29. The van der Waals surface area contributed by atoms with E-state index < -0.39 is 0 Å². The van der Waals surface area contributed by atoms with Crippen LogP contribution < -0.4 is 26.5 Å². The fourth-order valence-electron chi connectivity index (χ4n) is 3.77. The van der Waals surface area contributed by atoms with Gasteiger partial charge in [-0.05, 0) is 55.5 Å². The molecule has 4 N–H and O–H groups in total. The summed E-state index contributed by atoms with van der Waals surface area (Å²) in [4.78, 5) is 8.60. The van der Waals surface area contributed by atoms with E-state index in [0.717, 1.165) is 29.4 Å². The number of hydrogen-bond acceptors (Lipinski definition) is 6. The van der Waals surface area contributed by atoms with E-state index >= 15 is 0 Å². The molecule has 1 fully saturated rings. The van der Waals surface area contributed by atoms with Crippen molar-refractivity contribution in [3.05, 3.63) is 69.3 Å². The van der Waals surface area contributed by atoms with Crippen molar-refractivity contribution in [1.29, 1.82) is 5.41 Å². The molecule has 5 rings (SSSR count). The van der Waals surface area contributed by atoms with Gasteiger partial charge in [-0.3, -0.25) is 5.41 Å². The second kappa shape index (κ2) is 9.26. The van der Waals surface area contributed by atoms with Crippen LogP contribution in [0.25, 0.3) is 23.8 Å². The molecule has 2 aliphatic rings. The molecule has 0 unspecified atom stereocenters. The Morgan fingerprint density at radius 2 is 2.06 bits per heavy atom. The van der Waals surface area contributed by atoms with E-state index in [1.165, 1.54) is 31.3 Å². The number of nitrogens with zero attached hydrogens (tertiary/aromatic N) is 4. The molecule has 174 valence electrons. The maximum atomic E-state index is 13.5. The van der Waals surface area contributed by atoms with Gasteiger partial charge in [-0.2, -0.15) is 5.10 Å². The van der Waals surface area contributed by atoms with Gasteiger partial charge in [0.2, 0.25) is 0 Å². The van der Waals surface area contributed by atoms with Crippen molar-refractivity contribution in [2.24, 2.45) is 5.92 Å². The van der Waals surface area contributed by atoms with Gasteiger partial charge in [0.1, 0.15) is 28.8 Å². The fourth-order valence-corrected chi connectivity index (χ4v) is 3.99. The molecule has 0 spiro atoms. The maximum Gasteiger partial charge on any atom is 0.159 e. The van der Waals surface area contributed by atoms with Gasteiger partial charge in [0.15, 0.2) is 5.82 Å². The highest BCUT2D eigenvalue weighted by Gasteiger charge is 2.22. The molecule has 1 aliphatic carbocycles. The number of amidine groups is 1. The van der Waals surface area contributed by atoms with Gasteiger partial charge < -0.3 is 16.0 Å². The standard InChI is InChI=1S/C24H24ClFN8/c1-14-18-8-9-28-12-19(18)34(33-14)21-10-20(30-13-31-21)32-24(27)22(25)23(29-11-15-2-3-15)16-4-6-17(26)7-5-16/h4-8,10,12-13,15,28-29H,2-3,9,11H2,1H3,(H2,27,30,31,32)/b23-22+. The van der Waals surface area contributed by atoms with E-state index in [9.17, 15) is 4.39 Å². The Bertz CT molecular complexity index is 1390. The number of anilines is 1. The molecule has 3 heterocycles. The number of rotatable bonds is 7. The number of aryl methyl sites for hydroxylation is 1. The number of benzene rings is 1. The monoisotopic (exact) mass is 478 g/mol. The van der Waals surface area contributed by atoms with Crippen LogP contribution in [0.3, 0.4) is 0 Å². The molecular formula is C24H24ClFN8. The van der Waals surface area contributed by atoms with Gasteiger partial charge in [-0.25, -0.2) is 19.0 Å². The van der Waals surface area contributed by atoms with Crippen molar-refractivity contribution in [1.82, 2.24) is 30.4 Å². The SMILES string of the molecule is Cc1nn(-c2cc(NC(=N)/C(Cl)=C(\NCC3CC3)c3ccc(F)cc3)ncn2)c2c1=CCNC=2. The minimum absolute atomic E-state index is 0.0332. The lowest BCUT2D eigenvalue weighted by Crippen LogP contribution is -2.36. The van der Waals surface area contributed by atoms with E-state index in [2.05, 4.69) is 37.1 Å². The summed E-state index contributed by atoms with van der Waals surface area (Å²) >= 11 is 6.64. The van der Waals surface area contributed by atoms with Gasteiger partial charge in [-0.15, -0.1) is 0 Å². The summed E-state index contributed by atoms with van der Waals surface area (Å²) in [5.74, 6) is 1.20. The predicted octanol–water partition coefficient (Wildman–Crippen LogP) is 2.23. The van der Waals surface area contributed by atoms with Gasteiger partial charge in [-0.1, -0.05) is 17.7 Å².